The molecule has 1 atom stereocenters. The van der Waals surface area contributed by atoms with Crippen molar-refractivity contribution in [3.63, 3.8) is 0 Å². The fourth-order valence-corrected chi connectivity index (χ4v) is 4.36. The molecule has 2 heterocycles. The molecule has 194 valence electrons. The second kappa shape index (κ2) is 12.3. The smallest absolute Gasteiger partial charge is 0.296 e. The van der Waals surface area contributed by atoms with E-state index in [0.717, 1.165) is 25.7 Å². The summed E-state index contributed by atoms with van der Waals surface area (Å²) in [5.41, 5.74) is 1.13. The molecule has 0 radical (unpaired) electrons. The molecule has 37 heavy (non-hydrogen) atoms. The summed E-state index contributed by atoms with van der Waals surface area (Å²) >= 11 is 0. The Kier molecular flexibility index (Phi) is 8.67. The van der Waals surface area contributed by atoms with E-state index in [1.165, 1.54) is 11.2 Å². The average Bonchev–Trinajstić information content (AvgIpc) is 3.52. The number of ether oxygens (including phenoxy) is 2. The fourth-order valence-electron chi connectivity index (χ4n) is 4.36. The van der Waals surface area contributed by atoms with E-state index in [1.54, 1.807) is 36.4 Å². The number of carbonyl (C=O) groups excluding carboxylic acids is 2. The molecule has 0 saturated carbocycles. The SMILES string of the molecule is CCCCCOc1cccc(C2/C(=C(\O)c3ccc(OCCC)cc3)C(=O)C(=O)N2Cc2ccco2)c1. The number of furan rings is 1. The Hall–Kier alpha value is -4.00. The number of hydrogen-bond acceptors (Lipinski definition) is 6. The maximum absolute atomic E-state index is 13.3. The Morgan fingerprint density at radius 3 is 2.41 bits per heavy atom. The van der Waals surface area contributed by atoms with Gasteiger partial charge in [-0.25, -0.2) is 0 Å². The highest BCUT2D eigenvalue weighted by Crippen LogP contribution is 2.41. The topological polar surface area (TPSA) is 89.2 Å². The third-order valence-electron chi connectivity index (χ3n) is 6.24. The summed E-state index contributed by atoms with van der Waals surface area (Å²) in [7, 11) is 0. The summed E-state index contributed by atoms with van der Waals surface area (Å²) in [5, 5.41) is 11.3. The molecule has 1 amide bonds. The first-order valence-electron chi connectivity index (χ1n) is 12.8. The molecule has 1 fully saturated rings. The molecule has 2 aromatic carbocycles. The van der Waals surface area contributed by atoms with Crippen molar-refractivity contribution in [2.45, 2.75) is 52.1 Å². The van der Waals surface area contributed by atoms with Crippen LogP contribution in [0.3, 0.4) is 0 Å². The number of benzene rings is 2. The highest BCUT2D eigenvalue weighted by atomic mass is 16.5. The van der Waals surface area contributed by atoms with Crippen LogP contribution in [-0.4, -0.2) is 34.9 Å². The molecule has 4 rings (SSSR count). The van der Waals surface area contributed by atoms with Gasteiger partial charge >= 0.3 is 0 Å². The van der Waals surface area contributed by atoms with Crippen LogP contribution in [0.1, 0.15) is 62.5 Å². The third kappa shape index (κ3) is 6.05. The Balaban J connectivity index is 1.72. The molecular weight excluding hydrogens is 470 g/mol. The molecule has 0 bridgehead atoms. The first-order chi connectivity index (χ1) is 18.0. The van der Waals surface area contributed by atoms with Crippen molar-refractivity contribution in [1.29, 1.82) is 0 Å². The van der Waals surface area contributed by atoms with Crippen molar-refractivity contribution in [3.05, 3.63) is 89.4 Å². The number of rotatable bonds is 12. The average molecular weight is 504 g/mol. The minimum atomic E-state index is -0.805. The van der Waals surface area contributed by atoms with Crippen LogP contribution in [-0.2, 0) is 16.1 Å². The van der Waals surface area contributed by atoms with Gasteiger partial charge in [0, 0.05) is 5.56 Å². The van der Waals surface area contributed by atoms with Crippen LogP contribution in [0, 0.1) is 0 Å². The first kappa shape index (κ1) is 26.1. The predicted molar refractivity (Wildman–Crippen MR) is 140 cm³/mol. The summed E-state index contributed by atoms with van der Waals surface area (Å²) < 4.78 is 17.0. The van der Waals surface area contributed by atoms with E-state index in [4.69, 9.17) is 13.9 Å². The van der Waals surface area contributed by atoms with Crippen molar-refractivity contribution in [3.8, 4) is 11.5 Å². The summed E-state index contributed by atoms with van der Waals surface area (Å²) in [5.74, 6) is 0.184. The van der Waals surface area contributed by atoms with E-state index in [0.29, 0.717) is 41.6 Å². The molecule has 0 spiro atoms. The minimum absolute atomic E-state index is 0.0296. The molecule has 1 aromatic heterocycles. The number of Topliss-reactive ketones (excluding diaryl/α,β-unsaturated/α-hetero) is 1. The number of hydrogen-bond donors (Lipinski definition) is 1. The van der Waals surface area contributed by atoms with Gasteiger partial charge in [-0.1, -0.05) is 38.8 Å². The van der Waals surface area contributed by atoms with Crippen LogP contribution < -0.4 is 9.47 Å². The highest BCUT2D eigenvalue weighted by Gasteiger charge is 2.46. The second-order valence-electron chi connectivity index (χ2n) is 9.01. The number of nitrogens with zero attached hydrogens (tertiary/aromatic N) is 1. The maximum Gasteiger partial charge on any atom is 0.296 e. The van der Waals surface area contributed by atoms with Crippen LogP contribution in [0.4, 0.5) is 0 Å². The zero-order valence-electron chi connectivity index (χ0n) is 21.3. The van der Waals surface area contributed by atoms with Gasteiger partial charge in [-0.15, -0.1) is 0 Å². The molecule has 7 heteroatoms. The van der Waals surface area contributed by atoms with Gasteiger partial charge in [0.1, 0.15) is 23.0 Å². The summed E-state index contributed by atoms with van der Waals surface area (Å²) in [6.07, 6.45) is 5.51. The standard InChI is InChI=1S/C30H33NO6/c1-3-5-6-17-36-24-10-7-9-22(19-24)27-26(28(32)21-12-14-23(15-13-21)35-16-4-2)29(33)30(34)31(27)20-25-11-8-18-37-25/h7-15,18-19,27,32H,3-6,16-17,20H2,1-2H3/b28-26+. The number of ketones is 1. The minimum Gasteiger partial charge on any atom is -0.507 e. The molecule has 1 aliphatic rings. The van der Waals surface area contributed by atoms with Gasteiger partial charge in [0.25, 0.3) is 11.7 Å². The van der Waals surface area contributed by atoms with Gasteiger partial charge in [0.15, 0.2) is 0 Å². The summed E-state index contributed by atoms with van der Waals surface area (Å²) in [4.78, 5) is 27.9. The molecule has 7 nitrogen and oxygen atoms in total. The van der Waals surface area contributed by atoms with E-state index >= 15 is 0 Å². The van der Waals surface area contributed by atoms with Crippen molar-refractivity contribution >= 4 is 17.4 Å². The number of amides is 1. The summed E-state index contributed by atoms with van der Waals surface area (Å²) in [6.45, 7) is 5.41. The maximum atomic E-state index is 13.3. The quantitative estimate of drug-likeness (QED) is 0.136. The van der Waals surface area contributed by atoms with Crippen molar-refractivity contribution < 1.29 is 28.6 Å². The molecule has 1 saturated heterocycles. The van der Waals surface area contributed by atoms with Crippen LogP contribution in [0.15, 0.2) is 76.9 Å². The normalized spacial score (nSPS) is 16.8. The number of likely N-dealkylation sites (tertiary alicyclic amines) is 1. The van der Waals surface area contributed by atoms with Crippen molar-refractivity contribution in [2.75, 3.05) is 13.2 Å². The first-order valence-corrected chi connectivity index (χ1v) is 12.8. The summed E-state index contributed by atoms with van der Waals surface area (Å²) in [6, 6.07) is 16.9. The lowest BCUT2D eigenvalue weighted by Crippen LogP contribution is -2.29. The van der Waals surface area contributed by atoms with Gasteiger partial charge < -0.3 is 23.9 Å². The van der Waals surface area contributed by atoms with Crippen LogP contribution >= 0.6 is 0 Å². The monoisotopic (exact) mass is 503 g/mol. The van der Waals surface area contributed by atoms with Gasteiger partial charge in [0.05, 0.1) is 37.6 Å². The molecule has 1 unspecified atom stereocenters. The Bertz CT molecular complexity index is 1230. The second-order valence-corrected chi connectivity index (χ2v) is 9.01. The van der Waals surface area contributed by atoms with E-state index < -0.39 is 17.7 Å². The van der Waals surface area contributed by atoms with Gasteiger partial charge in [-0.2, -0.15) is 0 Å². The number of unbranched alkanes of at least 4 members (excludes halogenated alkanes) is 2. The highest BCUT2D eigenvalue weighted by molar-refractivity contribution is 6.46. The fraction of sp³-hybridized carbons (Fsp3) is 0.333. The molecule has 1 aliphatic heterocycles. The van der Waals surface area contributed by atoms with Crippen LogP contribution in [0.5, 0.6) is 11.5 Å². The van der Waals surface area contributed by atoms with E-state index in [2.05, 4.69) is 6.92 Å². The Labute approximate surface area is 217 Å². The number of aliphatic hydroxyl groups excluding tert-OH is 1. The lowest BCUT2D eigenvalue weighted by molar-refractivity contribution is -0.140. The molecule has 0 aliphatic carbocycles. The number of carbonyl (C=O) groups is 2. The molecular formula is C30H33NO6. The lowest BCUT2D eigenvalue weighted by Gasteiger charge is -2.25. The van der Waals surface area contributed by atoms with Gasteiger partial charge in [-0.3, -0.25) is 9.59 Å². The largest absolute Gasteiger partial charge is 0.507 e. The van der Waals surface area contributed by atoms with Gasteiger partial charge in [-0.05, 0) is 66.9 Å². The van der Waals surface area contributed by atoms with Crippen LogP contribution in [0.2, 0.25) is 0 Å². The Morgan fingerprint density at radius 1 is 0.919 bits per heavy atom. The van der Waals surface area contributed by atoms with Crippen molar-refractivity contribution in [1.82, 2.24) is 4.90 Å². The van der Waals surface area contributed by atoms with E-state index in [-0.39, 0.29) is 17.9 Å². The van der Waals surface area contributed by atoms with Crippen molar-refractivity contribution in [2.24, 2.45) is 0 Å². The Morgan fingerprint density at radius 2 is 1.70 bits per heavy atom. The van der Waals surface area contributed by atoms with Crippen LogP contribution in [0.25, 0.3) is 5.76 Å². The van der Waals surface area contributed by atoms with Gasteiger partial charge in [0.2, 0.25) is 0 Å². The zero-order chi connectivity index (χ0) is 26.2. The third-order valence-corrected chi connectivity index (χ3v) is 6.24. The predicted octanol–water partition coefficient (Wildman–Crippen LogP) is 6.26. The molecule has 1 N–H and O–H groups in total. The lowest BCUT2D eigenvalue weighted by atomic mass is 9.95. The van der Waals surface area contributed by atoms with E-state index in [1.807, 2.05) is 31.2 Å². The number of aliphatic hydroxyl groups is 1. The van der Waals surface area contributed by atoms with E-state index in [9.17, 15) is 14.7 Å². The zero-order valence-corrected chi connectivity index (χ0v) is 21.3. The molecule has 3 aromatic rings.